The molecule has 0 bridgehead atoms. The average molecular weight is 238 g/mol. The molecule has 1 amide bonds. The van der Waals surface area contributed by atoms with E-state index in [-0.39, 0.29) is 11.8 Å². The van der Waals surface area contributed by atoms with Crippen molar-refractivity contribution in [2.24, 2.45) is 5.92 Å². The normalized spacial score (nSPS) is 12.5. The lowest BCUT2D eigenvalue weighted by atomic mass is 10.2. The van der Waals surface area contributed by atoms with Gasteiger partial charge < -0.3 is 14.4 Å². The van der Waals surface area contributed by atoms with E-state index < -0.39 is 0 Å². The summed E-state index contributed by atoms with van der Waals surface area (Å²) in [6, 6.07) is 0. The van der Waals surface area contributed by atoms with Gasteiger partial charge in [0.15, 0.2) is 0 Å². The Balaban J connectivity index is 4.13. The van der Waals surface area contributed by atoms with Gasteiger partial charge in [-0.1, -0.05) is 6.92 Å². The fraction of sp³-hybridized carbons (Fsp3) is 0.900. The molecule has 0 fully saturated rings. The molecular formula is C10H20ClNO3. The first-order valence-corrected chi connectivity index (χ1v) is 5.53. The fourth-order valence-electron chi connectivity index (χ4n) is 1.11. The smallest absolute Gasteiger partial charge is 0.226 e. The lowest BCUT2D eigenvalue weighted by Crippen LogP contribution is -2.40. The van der Waals surface area contributed by atoms with E-state index in [0.29, 0.717) is 32.2 Å². The SMILES string of the molecule is COCCN(CCOC)C(=O)C(C)CCl. The second kappa shape index (κ2) is 8.95. The third kappa shape index (κ3) is 5.97. The van der Waals surface area contributed by atoms with Gasteiger partial charge in [-0.25, -0.2) is 0 Å². The highest BCUT2D eigenvalue weighted by atomic mass is 35.5. The molecule has 1 unspecified atom stereocenters. The number of hydrogen-bond donors (Lipinski definition) is 0. The zero-order chi connectivity index (χ0) is 11.7. The van der Waals surface area contributed by atoms with Crippen LogP contribution in [0.2, 0.25) is 0 Å². The van der Waals surface area contributed by atoms with E-state index in [1.807, 2.05) is 6.92 Å². The number of carbonyl (C=O) groups excluding carboxylic acids is 1. The topological polar surface area (TPSA) is 38.8 Å². The van der Waals surface area contributed by atoms with Crippen molar-refractivity contribution < 1.29 is 14.3 Å². The number of amides is 1. The first-order valence-electron chi connectivity index (χ1n) is 5.00. The molecule has 15 heavy (non-hydrogen) atoms. The Kier molecular flexibility index (Phi) is 8.76. The van der Waals surface area contributed by atoms with Crippen LogP contribution in [-0.4, -0.2) is 57.2 Å². The summed E-state index contributed by atoms with van der Waals surface area (Å²) in [5.41, 5.74) is 0. The van der Waals surface area contributed by atoms with Crippen molar-refractivity contribution >= 4 is 17.5 Å². The van der Waals surface area contributed by atoms with Crippen LogP contribution in [0.3, 0.4) is 0 Å². The van der Waals surface area contributed by atoms with Crippen LogP contribution in [0, 0.1) is 5.92 Å². The first-order chi connectivity index (χ1) is 7.17. The third-order valence-electron chi connectivity index (χ3n) is 2.10. The summed E-state index contributed by atoms with van der Waals surface area (Å²) in [6.45, 7) is 4.05. The fourth-order valence-corrected chi connectivity index (χ4v) is 1.24. The van der Waals surface area contributed by atoms with Crippen molar-refractivity contribution in [3.63, 3.8) is 0 Å². The lowest BCUT2D eigenvalue weighted by molar-refractivity contribution is -0.135. The van der Waals surface area contributed by atoms with Gasteiger partial charge in [0.25, 0.3) is 0 Å². The van der Waals surface area contributed by atoms with E-state index in [1.165, 1.54) is 0 Å². The van der Waals surface area contributed by atoms with Crippen molar-refractivity contribution in [1.82, 2.24) is 4.90 Å². The summed E-state index contributed by atoms with van der Waals surface area (Å²) in [7, 11) is 3.23. The lowest BCUT2D eigenvalue weighted by Gasteiger charge is -2.24. The van der Waals surface area contributed by atoms with Crippen molar-refractivity contribution in [3.05, 3.63) is 0 Å². The van der Waals surface area contributed by atoms with Gasteiger partial charge in [-0.15, -0.1) is 11.6 Å². The molecule has 4 nitrogen and oxygen atoms in total. The Hall–Kier alpha value is -0.320. The summed E-state index contributed by atoms with van der Waals surface area (Å²) >= 11 is 5.65. The van der Waals surface area contributed by atoms with E-state index in [2.05, 4.69) is 0 Å². The average Bonchev–Trinajstić information content (AvgIpc) is 2.27. The Bertz CT molecular complexity index is 170. The quantitative estimate of drug-likeness (QED) is 0.591. The molecule has 0 aliphatic heterocycles. The number of ether oxygens (including phenoxy) is 2. The van der Waals surface area contributed by atoms with Crippen LogP contribution >= 0.6 is 11.6 Å². The molecule has 0 saturated heterocycles. The van der Waals surface area contributed by atoms with Gasteiger partial charge in [0.2, 0.25) is 5.91 Å². The van der Waals surface area contributed by atoms with E-state index in [4.69, 9.17) is 21.1 Å². The highest BCUT2D eigenvalue weighted by Gasteiger charge is 2.18. The molecule has 0 heterocycles. The Labute approximate surface area is 96.5 Å². The maximum absolute atomic E-state index is 11.8. The van der Waals surface area contributed by atoms with Crippen LogP contribution in [0.25, 0.3) is 0 Å². The molecule has 1 atom stereocenters. The molecule has 0 aromatic carbocycles. The van der Waals surface area contributed by atoms with Crippen LogP contribution < -0.4 is 0 Å². The van der Waals surface area contributed by atoms with Gasteiger partial charge in [0.1, 0.15) is 0 Å². The van der Waals surface area contributed by atoms with Crippen LogP contribution in [0.1, 0.15) is 6.92 Å². The monoisotopic (exact) mass is 237 g/mol. The predicted octanol–water partition coefficient (Wildman–Crippen LogP) is 0.983. The zero-order valence-corrected chi connectivity index (χ0v) is 10.4. The molecule has 5 heteroatoms. The number of methoxy groups -OCH3 is 2. The van der Waals surface area contributed by atoms with Crippen molar-refractivity contribution in [2.45, 2.75) is 6.92 Å². The second-order valence-corrected chi connectivity index (χ2v) is 3.67. The number of nitrogens with zero attached hydrogens (tertiary/aromatic N) is 1. The maximum atomic E-state index is 11.8. The van der Waals surface area contributed by atoms with Crippen molar-refractivity contribution in [2.75, 3.05) is 46.4 Å². The Morgan fingerprint density at radius 3 is 2.07 bits per heavy atom. The standard InChI is InChI=1S/C10H20ClNO3/c1-9(8-11)10(13)12(4-6-14-2)5-7-15-3/h9H,4-8H2,1-3H3. The number of hydrogen-bond acceptors (Lipinski definition) is 3. The molecule has 0 aromatic rings. The summed E-state index contributed by atoms with van der Waals surface area (Å²) in [6.07, 6.45) is 0. The summed E-state index contributed by atoms with van der Waals surface area (Å²) < 4.78 is 9.90. The molecule has 0 aromatic heterocycles. The molecule has 0 rings (SSSR count). The minimum atomic E-state index is -0.152. The summed E-state index contributed by atoms with van der Waals surface area (Å²) in [4.78, 5) is 13.5. The van der Waals surface area contributed by atoms with Crippen molar-refractivity contribution in [1.29, 1.82) is 0 Å². The van der Waals surface area contributed by atoms with Crippen LogP contribution in [0.4, 0.5) is 0 Å². The molecule has 0 spiro atoms. The number of halogens is 1. The minimum absolute atomic E-state index is 0.0547. The van der Waals surface area contributed by atoms with Gasteiger partial charge in [-0.3, -0.25) is 4.79 Å². The van der Waals surface area contributed by atoms with Crippen molar-refractivity contribution in [3.8, 4) is 0 Å². The second-order valence-electron chi connectivity index (χ2n) is 3.37. The predicted molar refractivity (Wildman–Crippen MR) is 60.2 cm³/mol. The largest absolute Gasteiger partial charge is 0.383 e. The van der Waals surface area contributed by atoms with Gasteiger partial charge >= 0.3 is 0 Å². The molecule has 0 N–H and O–H groups in total. The van der Waals surface area contributed by atoms with E-state index in [1.54, 1.807) is 19.1 Å². The number of alkyl halides is 1. The Morgan fingerprint density at radius 1 is 1.27 bits per heavy atom. The number of rotatable bonds is 8. The highest BCUT2D eigenvalue weighted by Crippen LogP contribution is 2.04. The van der Waals surface area contributed by atoms with E-state index in [9.17, 15) is 4.79 Å². The molecule has 90 valence electrons. The molecular weight excluding hydrogens is 218 g/mol. The molecule has 0 aliphatic carbocycles. The molecule has 0 saturated carbocycles. The van der Waals surface area contributed by atoms with Gasteiger partial charge in [0.05, 0.1) is 13.2 Å². The van der Waals surface area contributed by atoms with E-state index in [0.717, 1.165) is 0 Å². The van der Waals surface area contributed by atoms with Crippen LogP contribution in [0.5, 0.6) is 0 Å². The molecule has 0 radical (unpaired) electrons. The van der Waals surface area contributed by atoms with Crippen LogP contribution in [0.15, 0.2) is 0 Å². The minimum Gasteiger partial charge on any atom is -0.383 e. The van der Waals surface area contributed by atoms with Gasteiger partial charge in [0, 0.05) is 39.1 Å². The van der Waals surface area contributed by atoms with E-state index >= 15 is 0 Å². The first kappa shape index (κ1) is 14.7. The number of carbonyl (C=O) groups is 1. The molecule has 0 aliphatic rings. The third-order valence-corrected chi connectivity index (χ3v) is 2.56. The Morgan fingerprint density at radius 2 is 1.73 bits per heavy atom. The van der Waals surface area contributed by atoms with Gasteiger partial charge in [-0.2, -0.15) is 0 Å². The van der Waals surface area contributed by atoms with Gasteiger partial charge in [-0.05, 0) is 0 Å². The summed E-state index contributed by atoms with van der Waals surface area (Å²) in [5, 5.41) is 0. The maximum Gasteiger partial charge on any atom is 0.226 e. The summed E-state index contributed by atoms with van der Waals surface area (Å²) in [5.74, 6) is 0.245. The van der Waals surface area contributed by atoms with Crippen LogP contribution in [-0.2, 0) is 14.3 Å². The highest BCUT2D eigenvalue weighted by molar-refractivity contribution is 6.19. The zero-order valence-electron chi connectivity index (χ0n) is 9.66.